The largest absolute Gasteiger partial charge is 0.465 e. The number of esters is 1. The molecule has 0 fully saturated rings. The number of nitrogens with zero attached hydrogens (tertiary/aromatic N) is 4. The molecule has 0 radical (unpaired) electrons. The predicted molar refractivity (Wildman–Crippen MR) is 60.4 cm³/mol. The molecular formula is C10H8N4O2S. The summed E-state index contributed by atoms with van der Waals surface area (Å²) in [4.78, 5) is 28.2. The Kier molecular flexibility index (Phi) is 2.40. The van der Waals surface area contributed by atoms with Crippen LogP contribution in [0.5, 0.6) is 0 Å². The van der Waals surface area contributed by atoms with E-state index in [2.05, 4.69) is 19.9 Å². The highest BCUT2D eigenvalue weighted by atomic mass is 32.2. The molecular weight excluding hydrogens is 240 g/mol. The maximum Gasteiger partial charge on any atom is 0.325 e. The van der Waals surface area contributed by atoms with Crippen LogP contribution in [0, 0.1) is 0 Å². The van der Waals surface area contributed by atoms with Crippen molar-refractivity contribution >= 4 is 28.8 Å². The summed E-state index contributed by atoms with van der Waals surface area (Å²) in [5.74, 6) is -0.296. The first kappa shape index (κ1) is 10.4. The summed E-state index contributed by atoms with van der Waals surface area (Å²) in [6, 6.07) is 0. The van der Waals surface area contributed by atoms with Crippen LogP contribution in [0.2, 0.25) is 0 Å². The Morgan fingerprint density at radius 1 is 1.35 bits per heavy atom. The van der Waals surface area contributed by atoms with Gasteiger partial charge in [0.2, 0.25) is 0 Å². The fraction of sp³-hybridized carbons (Fsp3) is 0.300. The first-order chi connectivity index (χ1) is 8.31. The Labute approximate surface area is 101 Å². The van der Waals surface area contributed by atoms with Crippen LogP contribution in [-0.2, 0) is 9.53 Å². The maximum atomic E-state index is 11.8. The topological polar surface area (TPSA) is 77.9 Å². The Morgan fingerprint density at radius 2 is 2.12 bits per heavy atom. The van der Waals surface area contributed by atoms with Crippen LogP contribution in [0.3, 0.4) is 0 Å². The van der Waals surface area contributed by atoms with E-state index in [9.17, 15) is 4.79 Å². The Hall–Kier alpha value is -1.76. The summed E-state index contributed by atoms with van der Waals surface area (Å²) >= 11 is 1.33. The third-order valence-electron chi connectivity index (χ3n) is 2.40. The number of hydrogen-bond donors (Lipinski definition) is 0. The third kappa shape index (κ3) is 1.54. The average molecular weight is 248 g/mol. The van der Waals surface area contributed by atoms with E-state index >= 15 is 0 Å². The summed E-state index contributed by atoms with van der Waals surface area (Å²) < 4.78 is 5.02. The number of rotatable bonds is 2. The monoisotopic (exact) mass is 248 g/mol. The number of aromatic nitrogens is 4. The summed E-state index contributed by atoms with van der Waals surface area (Å²) in [7, 11) is 0. The van der Waals surface area contributed by atoms with Gasteiger partial charge in [-0.1, -0.05) is 11.8 Å². The minimum absolute atomic E-state index is 0.296. The first-order valence-electron chi connectivity index (χ1n) is 5.10. The molecule has 6 nitrogen and oxygen atoms in total. The Morgan fingerprint density at radius 3 is 2.88 bits per heavy atom. The van der Waals surface area contributed by atoms with Crippen molar-refractivity contribution < 1.29 is 9.53 Å². The zero-order valence-corrected chi connectivity index (χ0v) is 9.77. The van der Waals surface area contributed by atoms with E-state index in [1.54, 1.807) is 6.92 Å². The van der Waals surface area contributed by atoms with Gasteiger partial charge in [0.25, 0.3) is 0 Å². The van der Waals surface area contributed by atoms with Gasteiger partial charge in [-0.3, -0.25) is 4.79 Å². The number of carbonyl (C=O) groups is 1. The molecule has 0 amide bonds. The van der Waals surface area contributed by atoms with Gasteiger partial charge in [-0.2, -0.15) is 0 Å². The second kappa shape index (κ2) is 3.92. The van der Waals surface area contributed by atoms with Crippen LogP contribution in [-0.4, -0.2) is 32.5 Å². The van der Waals surface area contributed by atoms with Crippen molar-refractivity contribution in [2.45, 2.75) is 17.2 Å². The van der Waals surface area contributed by atoms with Crippen LogP contribution in [0.15, 0.2) is 17.7 Å². The zero-order chi connectivity index (χ0) is 11.8. The van der Waals surface area contributed by atoms with E-state index in [4.69, 9.17) is 4.74 Å². The van der Waals surface area contributed by atoms with Crippen molar-refractivity contribution in [3.63, 3.8) is 0 Å². The van der Waals surface area contributed by atoms with E-state index in [0.29, 0.717) is 17.9 Å². The second-order valence-electron chi connectivity index (χ2n) is 3.39. The van der Waals surface area contributed by atoms with Gasteiger partial charge in [-0.05, 0) is 6.92 Å². The standard InChI is InChI=1S/C10H8N4O2S/c1-2-16-10(15)7-6-5-8(12-3-11-6)13-4-14-9(5)17-7/h3-4,7H,2H2,1H3. The normalized spacial score (nSPS) is 17.4. The Balaban J connectivity index is 2.13. The molecule has 3 heterocycles. The molecule has 17 heavy (non-hydrogen) atoms. The van der Waals surface area contributed by atoms with Gasteiger partial charge >= 0.3 is 5.97 Å². The molecule has 1 aliphatic heterocycles. The lowest BCUT2D eigenvalue weighted by atomic mass is 10.2. The fourth-order valence-corrected chi connectivity index (χ4v) is 2.83. The van der Waals surface area contributed by atoms with E-state index in [1.807, 2.05) is 0 Å². The van der Waals surface area contributed by atoms with Gasteiger partial charge in [-0.15, -0.1) is 0 Å². The average Bonchev–Trinajstić information content (AvgIpc) is 2.72. The minimum Gasteiger partial charge on any atom is -0.465 e. The van der Waals surface area contributed by atoms with Crippen LogP contribution in [0.25, 0.3) is 11.0 Å². The SMILES string of the molecule is CCOC(=O)C1Sc2ncnc3ncnc1c23. The predicted octanol–water partition coefficient (Wildman–Crippen LogP) is 1.13. The second-order valence-corrected chi connectivity index (χ2v) is 4.48. The zero-order valence-electron chi connectivity index (χ0n) is 8.95. The third-order valence-corrected chi connectivity index (χ3v) is 3.59. The van der Waals surface area contributed by atoms with Crippen LogP contribution in [0.4, 0.5) is 0 Å². The van der Waals surface area contributed by atoms with Gasteiger partial charge in [-0.25, -0.2) is 19.9 Å². The highest BCUT2D eigenvalue weighted by Gasteiger charge is 2.35. The molecule has 0 spiro atoms. The van der Waals surface area contributed by atoms with Gasteiger partial charge in [0, 0.05) is 0 Å². The van der Waals surface area contributed by atoms with Crippen molar-refractivity contribution in [2.24, 2.45) is 0 Å². The van der Waals surface area contributed by atoms with Crippen molar-refractivity contribution in [3.05, 3.63) is 18.3 Å². The lowest BCUT2D eigenvalue weighted by molar-refractivity contribution is -0.142. The smallest absolute Gasteiger partial charge is 0.325 e. The molecule has 0 aliphatic carbocycles. The molecule has 3 rings (SSSR count). The molecule has 2 aromatic rings. The number of carbonyl (C=O) groups excluding carboxylic acids is 1. The molecule has 0 saturated carbocycles. The minimum atomic E-state index is -0.452. The Bertz CT molecular complexity index is 599. The summed E-state index contributed by atoms with van der Waals surface area (Å²) in [5.41, 5.74) is 1.22. The fourth-order valence-electron chi connectivity index (χ4n) is 1.73. The van der Waals surface area contributed by atoms with Crippen LogP contribution in [0.1, 0.15) is 17.9 Å². The quantitative estimate of drug-likeness (QED) is 0.582. The van der Waals surface area contributed by atoms with E-state index < -0.39 is 5.25 Å². The van der Waals surface area contributed by atoms with Crippen molar-refractivity contribution in [1.82, 2.24) is 19.9 Å². The molecule has 0 aromatic carbocycles. The molecule has 86 valence electrons. The molecule has 7 heteroatoms. The van der Waals surface area contributed by atoms with Gasteiger partial charge < -0.3 is 4.74 Å². The van der Waals surface area contributed by atoms with Crippen molar-refractivity contribution in [1.29, 1.82) is 0 Å². The molecule has 2 aromatic heterocycles. The highest BCUT2D eigenvalue weighted by Crippen LogP contribution is 2.46. The summed E-state index contributed by atoms with van der Waals surface area (Å²) in [6.45, 7) is 2.13. The van der Waals surface area contributed by atoms with E-state index in [0.717, 1.165) is 10.4 Å². The van der Waals surface area contributed by atoms with Crippen molar-refractivity contribution in [2.75, 3.05) is 6.61 Å². The number of thioether (sulfide) groups is 1. The number of hydrogen-bond acceptors (Lipinski definition) is 7. The van der Waals surface area contributed by atoms with Gasteiger partial charge in [0.1, 0.15) is 17.7 Å². The first-order valence-corrected chi connectivity index (χ1v) is 5.98. The molecule has 0 saturated heterocycles. The molecule has 1 aliphatic rings. The highest BCUT2D eigenvalue weighted by molar-refractivity contribution is 8.00. The lowest BCUT2D eigenvalue weighted by Crippen LogP contribution is -2.12. The molecule has 0 N–H and O–H groups in total. The summed E-state index contributed by atoms with van der Waals surface area (Å²) in [5, 5.41) is 1.05. The molecule has 0 bridgehead atoms. The van der Waals surface area contributed by atoms with E-state index in [-0.39, 0.29) is 5.97 Å². The van der Waals surface area contributed by atoms with E-state index in [1.165, 1.54) is 24.4 Å². The molecule has 1 unspecified atom stereocenters. The van der Waals surface area contributed by atoms with Crippen LogP contribution >= 0.6 is 11.8 Å². The lowest BCUT2D eigenvalue weighted by Gasteiger charge is -2.07. The van der Waals surface area contributed by atoms with Gasteiger partial charge in [0.15, 0.2) is 10.9 Å². The van der Waals surface area contributed by atoms with Gasteiger partial charge in [0.05, 0.1) is 17.7 Å². The summed E-state index contributed by atoms with van der Waals surface area (Å²) in [6.07, 6.45) is 2.85. The molecule has 1 atom stereocenters. The van der Waals surface area contributed by atoms with Crippen LogP contribution < -0.4 is 0 Å². The van der Waals surface area contributed by atoms with Crippen molar-refractivity contribution in [3.8, 4) is 0 Å². The number of ether oxygens (including phenoxy) is 1. The maximum absolute atomic E-state index is 11.8.